The number of carbonyl (C=O) groups is 1. The highest BCUT2D eigenvalue weighted by Crippen LogP contribution is 2.17. The van der Waals surface area contributed by atoms with Crippen LogP contribution in [0.5, 0.6) is 0 Å². The average molecular weight is 366 g/mol. The van der Waals surface area contributed by atoms with Crippen molar-refractivity contribution in [1.82, 2.24) is 0 Å². The second-order valence-corrected chi connectivity index (χ2v) is 5.50. The largest absolute Gasteiger partial charge is 0.289 e. The molecular weight excluding hydrogens is 356 g/mol. The first-order valence-corrected chi connectivity index (χ1v) is 6.98. The molecular formula is C15H10Br2O. The summed E-state index contributed by atoms with van der Waals surface area (Å²) in [6.45, 7) is 0. The van der Waals surface area contributed by atoms with E-state index in [1.54, 1.807) is 12.1 Å². The molecule has 0 atom stereocenters. The molecule has 2 aromatic rings. The molecule has 0 saturated heterocycles. The molecule has 0 radical (unpaired) electrons. The van der Waals surface area contributed by atoms with Gasteiger partial charge < -0.3 is 0 Å². The minimum absolute atomic E-state index is 0.00889. The Morgan fingerprint density at radius 1 is 0.944 bits per heavy atom. The lowest BCUT2D eigenvalue weighted by molar-refractivity contribution is 0.104. The van der Waals surface area contributed by atoms with E-state index in [2.05, 4.69) is 31.9 Å². The van der Waals surface area contributed by atoms with Gasteiger partial charge in [0.05, 0.1) is 0 Å². The predicted molar refractivity (Wildman–Crippen MR) is 81.6 cm³/mol. The van der Waals surface area contributed by atoms with Crippen LogP contribution in [0.1, 0.15) is 15.9 Å². The van der Waals surface area contributed by atoms with Crippen LogP contribution >= 0.6 is 31.9 Å². The number of hydrogen-bond donors (Lipinski definition) is 0. The normalized spacial score (nSPS) is 10.8. The summed E-state index contributed by atoms with van der Waals surface area (Å²) in [5.74, 6) is -0.00889. The molecule has 0 saturated carbocycles. The van der Waals surface area contributed by atoms with Crippen LogP contribution in [0.25, 0.3) is 6.08 Å². The van der Waals surface area contributed by atoms with Gasteiger partial charge >= 0.3 is 0 Å². The van der Waals surface area contributed by atoms with Crippen molar-refractivity contribution >= 4 is 43.7 Å². The number of hydrogen-bond acceptors (Lipinski definition) is 1. The molecule has 90 valence electrons. The molecule has 0 unspecified atom stereocenters. The average Bonchev–Trinajstić information content (AvgIpc) is 2.38. The van der Waals surface area contributed by atoms with Gasteiger partial charge in [0.15, 0.2) is 5.78 Å². The fraction of sp³-hybridized carbons (Fsp3) is 0. The van der Waals surface area contributed by atoms with E-state index in [1.165, 1.54) is 0 Å². The monoisotopic (exact) mass is 364 g/mol. The number of carbonyl (C=O) groups excluding carboxylic acids is 1. The van der Waals surface area contributed by atoms with Gasteiger partial charge in [-0.25, -0.2) is 0 Å². The Bertz CT molecular complexity index is 586. The van der Waals surface area contributed by atoms with E-state index in [0.29, 0.717) is 5.56 Å². The summed E-state index contributed by atoms with van der Waals surface area (Å²) in [6, 6.07) is 15.2. The lowest BCUT2D eigenvalue weighted by atomic mass is 10.1. The second-order valence-electron chi connectivity index (χ2n) is 3.73. The minimum Gasteiger partial charge on any atom is -0.289 e. The van der Waals surface area contributed by atoms with E-state index in [1.807, 2.05) is 48.5 Å². The van der Waals surface area contributed by atoms with Crippen molar-refractivity contribution in [3.63, 3.8) is 0 Å². The fourth-order valence-corrected chi connectivity index (χ4v) is 2.24. The van der Waals surface area contributed by atoms with Gasteiger partial charge in [0.2, 0.25) is 0 Å². The zero-order chi connectivity index (χ0) is 13.0. The number of allylic oxidation sites excluding steroid dienone is 1. The molecule has 0 heterocycles. The fourth-order valence-electron chi connectivity index (χ4n) is 1.50. The first-order chi connectivity index (χ1) is 8.66. The lowest BCUT2D eigenvalue weighted by Crippen LogP contribution is -1.94. The van der Waals surface area contributed by atoms with E-state index >= 15 is 0 Å². The van der Waals surface area contributed by atoms with Crippen LogP contribution in [-0.4, -0.2) is 5.78 Å². The van der Waals surface area contributed by atoms with E-state index in [0.717, 1.165) is 14.5 Å². The number of rotatable bonds is 3. The van der Waals surface area contributed by atoms with Crippen LogP contribution < -0.4 is 0 Å². The summed E-state index contributed by atoms with van der Waals surface area (Å²) in [7, 11) is 0. The van der Waals surface area contributed by atoms with Crippen molar-refractivity contribution in [3.8, 4) is 0 Å². The van der Waals surface area contributed by atoms with Crippen molar-refractivity contribution < 1.29 is 4.79 Å². The van der Waals surface area contributed by atoms with Gasteiger partial charge in [-0.2, -0.15) is 0 Å². The summed E-state index contributed by atoms with van der Waals surface area (Å²) >= 11 is 6.75. The molecule has 0 N–H and O–H groups in total. The zero-order valence-electron chi connectivity index (χ0n) is 9.44. The first-order valence-electron chi connectivity index (χ1n) is 5.39. The molecule has 0 spiro atoms. The Kier molecular flexibility index (Phi) is 4.50. The summed E-state index contributed by atoms with van der Waals surface area (Å²) in [5, 5.41) is 0. The Morgan fingerprint density at radius 2 is 1.61 bits per heavy atom. The topological polar surface area (TPSA) is 17.1 Å². The number of benzene rings is 2. The molecule has 2 rings (SSSR count). The van der Waals surface area contributed by atoms with Gasteiger partial charge in [0.1, 0.15) is 0 Å². The van der Waals surface area contributed by atoms with Crippen LogP contribution in [0, 0.1) is 0 Å². The van der Waals surface area contributed by atoms with Crippen LogP contribution in [0.3, 0.4) is 0 Å². The van der Waals surface area contributed by atoms with Crippen molar-refractivity contribution in [2.24, 2.45) is 0 Å². The maximum atomic E-state index is 12.0. The molecule has 1 nitrogen and oxygen atoms in total. The van der Waals surface area contributed by atoms with Gasteiger partial charge in [-0.1, -0.05) is 62.2 Å². The standard InChI is InChI=1S/C15H10Br2O/c16-12-8-5-11(6-9-12)7-10-15(18)13-3-1-2-4-14(13)17/h1-10H/b10-7+. The molecule has 0 amide bonds. The van der Waals surface area contributed by atoms with E-state index in [-0.39, 0.29) is 5.78 Å². The summed E-state index contributed by atoms with van der Waals surface area (Å²) in [5.41, 5.74) is 1.67. The molecule has 2 aromatic carbocycles. The van der Waals surface area contributed by atoms with Crippen LogP contribution in [-0.2, 0) is 0 Å². The highest BCUT2D eigenvalue weighted by atomic mass is 79.9. The van der Waals surface area contributed by atoms with Crippen molar-refractivity contribution in [2.75, 3.05) is 0 Å². The van der Waals surface area contributed by atoms with Crippen molar-refractivity contribution in [3.05, 3.63) is 74.7 Å². The predicted octanol–water partition coefficient (Wildman–Crippen LogP) is 5.11. The summed E-state index contributed by atoms with van der Waals surface area (Å²) in [6.07, 6.45) is 3.40. The summed E-state index contributed by atoms with van der Waals surface area (Å²) in [4.78, 5) is 12.0. The van der Waals surface area contributed by atoms with Crippen LogP contribution in [0.15, 0.2) is 63.6 Å². The minimum atomic E-state index is -0.00889. The van der Waals surface area contributed by atoms with Gasteiger partial charge in [-0.05, 0) is 35.9 Å². The first kappa shape index (κ1) is 13.2. The van der Waals surface area contributed by atoms with Gasteiger partial charge in [0, 0.05) is 14.5 Å². The van der Waals surface area contributed by atoms with E-state index < -0.39 is 0 Å². The molecule has 3 heteroatoms. The van der Waals surface area contributed by atoms with Gasteiger partial charge in [0.25, 0.3) is 0 Å². The smallest absolute Gasteiger partial charge is 0.186 e. The molecule has 0 aliphatic rings. The Hall–Kier alpha value is -1.19. The quantitative estimate of drug-likeness (QED) is 0.545. The SMILES string of the molecule is O=C(/C=C/c1ccc(Br)cc1)c1ccccc1Br. The molecule has 0 bridgehead atoms. The van der Waals surface area contributed by atoms with Crippen LogP contribution in [0.4, 0.5) is 0 Å². The maximum Gasteiger partial charge on any atom is 0.186 e. The molecule has 18 heavy (non-hydrogen) atoms. The Morgan fingerprint density at radius 3 is 2.28 bits per heavy atom. The van der Waals surface area contributed by atoms with Crippen molar-refractivity contribution in [2.45, 2.75) is 0 Å². The molecule has 0 fully saturated rings. The summed E-state index contributed by atoms with van der Waals surface area (Å²) < 4.78 is 1.84. The van der Waals surface area contributed by atoms with Gasteiger partial charge in [-0.15, -0.1) is 0 Å². The van der Waals surface area contributed by atoms with E-state index in [9.17, 15) is 4.79 Å². The Balaban J connectivity index is 2.17. The third kappa shape index (κ3) is 3.40. The number of halogens is 2. The van der Waals surface area contributed by atoms with Gasteiger partial charge in [-0.3, -0.25) is 4.79 Å². The number of ketones is 1. The zero-order valence-corrected chi connectivity index (χ0v) is 12.6. The highest BCUT2D eigenvalue weighted by Gasteiger charge is 2.04. The van der Waals surface area contributed by atoms with E-state index in [4.69, 9.17) is 0 Å². The third-order valence-corrected chi connectivity index (χ3v) is 3.66. The third-order valence-electron chi connectivity index (χ3n) is 2.44. The Labute approximate surface area is 123 Å². The second kappa shape index (κ2) is 6.12. The van der Waals surface area contributed by atoms with Crippen molar-refractivity contribution in [1.29, 1.82) is 0 Å². The highest BCUT2D eigenvalue weighted by molar-refractivity contribution is 9.10. The lowest BCUT2D eigenvalue weighted by Gasteiger charge is -1.99. The molecule has 0 aromatic heterocycles. The molecule has 0 aliphatic carbocycles. The van der Waals surface area contributed by atoms with Crippen LogP contribution in [0.2, 0.25) is 0 Å². The maximum absolute atomic E-state index is 12.0. The molecule has 0 aliphatic heterocycles.